The minimum atomic E-state index is -0.631. The SMILES string of the molecule is C=CCOC(=O)c1ccccc1OC(=O)C=C. The molecule has 4 heteroatoms. The van der Waals surface area contributed by atoms with E-state index in [0.717, 1.165) is 6.08 Å². The monoisotopic (exact) mass is 232 g/mol. The molecule has 0 aliphatic heterocycles. The van der Waals surface area contributed by atoms with Crippen LogP contribution in [0.3, 0.4) is 0 Å². The Morgan fingerprint density at radius 2 is 1.94 bits per heavy atom. The Bertz CT molecular complexity index is 448. The maximum absolute atomic E-state index is 11.6. The zero-order valence-electron chi connectivity index (χ0n) is 9.22. The van der Waals surface area contributed by atoms with E-state index in [2.05, 4.69) is 13.2 Å². The van der Waals surface area contributed by atoms with Crippen molar-refractivity contribution in [1.82, 2.24) is 0 Å². The Morgan fingerprint density at radius 1 is 1.24 bits per heavy atom. The van der Waals surface area contributed by atoms with Crippen LogP contribution in [0.25, 0.3) is 0 Å². The molecule has 0 spiro atoms. The zero-order chi connectivity index (χ0) is 12.7. The molecular weight excluding hydrogens is 220 g/mol. The number of hydrogen-bond donors (Lipinski definition) is 0. The Labute approximate surface area is 99.2 Å². The lowest BCUT2D eigenvalue weighted by molar-refractivity contribution is -0.128. The number of carbonyl (C=O) groups excluding carboxylic acids is 2. The number of ether oxygens (including phenoxy) is 2. The summed E-state index contributed by atoms with van der Waals surface area (Å²) in [5, 5.41) is 0. The molecule has 88 valence electrons. The van der Waals surface area contributed by atoms with Gasteiger partial charge in [0, 0.05) is 6.08 Å². The zero-order valence-corrected chi connectivity index (χ0v) is 9.22. The highest BCUT2D eigenvalue weighted by atomic mass is 16.5. The molecule has 0 aliphatic rings. The van der Waals surface area contributed by atoms with Crippen LogP contribution in [0.5, 0.6) is 5.75 Å². The second-order valence-corrected chi connectivity index (χ2v) is 3.01. The average molecular weight is 232 g/mol. The van der Waals surface area contributed by atoms with Gasteiger partial charge in [-0.05, 0) is 12.1 Å². The Morgan fingerprint density at radius 3 is 2.59 bits per heavy atom. The third-order valence-corrected chi connectivity index (χ3v) is 1.82. The van der Waals surface area contributed by atoms with Crippen molar-refractivity contribution < 1.29 is 19.1 Å². The first-order valence-corrected chi connectivity index (χ1v) is 4.90. The van der Waals surface area contributed by atoms with Gasteiger partial charge in [0.25, 0.3) is 0 Å². The first kappa shape index (κ1) is 12.7. The van der Waals surface area contributed by atoms with Crippen LogP contribution in [0.2, 0.25) is 0 Å². The number of carbonyl (C=O) groups is 2. The molecule has 0 aromatic heterocycles. The van der Waals surface area contributed by atoms with Crippen molar-refractivity contribution in [3.05, 3.63) is 55.1 Å². The van der Waals surface area contributed by atoms with Crippen LogP contribution in [0.1, 0.15) is 10.4 Å². The first-order chi connectivity index (χ1) is 8.19. The van der Waals surface area contributed by atoms with Crippen LogP contribution >= 0.6 is 0 Å². The normalized spacial score (nSPS) is 9.18. The van der Waals surface area contributed by atoms with Gasteiger partial charge in [0.1, 0.15) is 17.9 Å². The van der Waals surface area contributed by atoms with E-state index < -0.39 is 11.9 Å². The fourth-order valence-corrected chi connectivity index (χ4v) is 1.09. The van der Waals surface area contributed by atoms with Gasteiger partial charge in [-0.1, -0.05) is 31.4 Å². The largest absolute Gasteiger partial charge is 0.458 e. The minimum absolute atomic E-state index is 0.0998. The topological polar surface area (TPSA) is 52.6 Å². The Hall–Kier alpha value is -2.36. The highest BCUT2D eigenvalue weighted by Crippen LogP contribution is 2.19. The van der Waals surface area contributed by atoms with E-state index in [0.29, 0.717) is 0 Å². The summed E-state index contributed by atoms with van der Waals surface area (Å²) in [4.78, 5) is 22.7. The van der Waals surface area contributed by atoms with Crippen LogP contribution < -0.4 is 4.74 Å². The Kier molecular flexibility index (Phi) is 4.69. The number of benzene rings is 1. The van der Waals surface area contributed by atoms with Gasteiger partial charge in [-0.15, -0.1) is 0 Å². The summed E-state index contributed by atoms with van der Waals surface area (Å²) in [5.74, 6) is -1.06. The number of hydrogen-bond acceptors (Lipinski definition) is 4. The number of esters is 2. The van der Waals surface area contributed by atoms with Crippen molar-refractivity contribution in [3.63, 3.8) is 0 Å². The summed E-state index contributed by atoms with van der Waals surface area (Å²) < 4.78 is 9.77. The van der Waals surface area contributed by atoms with Crippen molar-refractivity contribution in [2.45, 2.75) is 0 Å². The highest BCUT2D eigenvalue weighted by Gasteiger charge is 2.14. The molecule has 0 heterocycles. The van der Waals surface area contributed by atoms with Gasteiger partial charge in [-0.2, -0.15) is 0 Å². The molecule has 1 rings (SSSR count). The van der Waals surface area contributed by atoms with Gasteiger partial charge in [-0.25, -0.2) is 9.59 Å². The molecule has 0 aliphatic carbocycles. The van der Waals surface area contributed by atoms with E-state index in [1.54, 1.807) is 12.1 Å². The van der Waals surface area contributed by atoms with E-state index in [9.17, 15) is 9.59 Å². The summed E-state index contributed by atoms with van der Waals surface area (Å²) in [6.45, 7) is 6.81. The van der Waals surface area contributed by atoms with Gasteiger partial charge in [-0.3, -0.25) is 0 Å². The predicted molar refractivity (Wildman–Crippen MR) is 62.8 cm³/mol. The van der Waals surface area contributed by atoms with Crippen molar-refractivity contribution in [3.8, 4) is 5.75 Å². The number of rotatable bonds is 5. The maximum atomic E-state index is 11.6. The molecule has 1 aromatic carbocycles. The van der Waals surface area contributed by atoms with E-state index in [1.807, 2.05) is 0 Å². The van der Waals surface area contributed by atoms with Gasteiger partial charge in [0.15, 0.2) is 0 Å². The molecule has 0 unspecified atom stereocenters. The van der Waals surface area contributed by atoms with Gasteiger partial charge < -0.3 is 9.47 Å². The summed E-state index contributed by atoms with van der Waals surface area (Å²) in [5.41, 5.74) is 0.185. The Balaban J connectivity index is 2.90. The highest BCUT2D eigenvalue weighted by molar-refractivity contribution is 5.94. The molecule has 0 saturated carbocycles. The lowest BCUT2D eigenvalue weighted by Crippen LogP contribution is -2.10. The predicted octanol–water partition coefficient (Wildman–Crippen LogP) is 2.12. The fraction of sp³-hybridized carbons (Fsp3) is 0.0769. The van der Waals surface area contributed by atoms with Crippen molar-refractivity contribution in [1.29, 1.82) is 0 Å². The molecule has 0 amide bonds. The van der Waals surface area contributed by atoms with Crippen LogP contribution in [-0.2, 0) is 9.53 Å². The summed E-state index contributed by atoms with van der Waals surface area (Å²) in [6, 6.07) is 6.31. The second-order valence-electron chi connectivity index (χ2n) is 3.01. The van der Waals surface area contributed by atoms with E-state index in [1.165, 1.54) is 18.2 Å². The van der Waals surface area contributed by atoms with Crippen molar-refractivity contribution >= 4 is 11.9 Å². The van der Waals surface area contributed by atoms with Gasteiger partial charge in [0.2, 0.25) is 0 Å². The molecule has 1 aromatic rings. The molecule has 0 fully saturated rings. The van der Waals surface area contributed by atoms with E-state index in [-0.39, 0.29) is 17.9 Å². The van der Waals surface area contributed by atoms with Crippen LogP contribution in [0.15, 0.2) is 49.6 Å². The average Bonchev–Trinajstić information content (AvgIpc) is 2.36. The second kappa shape index (κ2) is 6.27. The van der Waals surface area contributed by atoms with Crippen LogP contribution in [0.4, 0.5) is 0 Å². The molecule has 0 bridgehead atoms. The smallest absolute Gasteiger partial charge is 0.342 e. The minimum Gasteiger partial charge on any atom is -0.458 e. The van der Waals surface area contributed by atoms with Crippen molar-refractivity contribution in [2.24, 2.45) is 0 Å². The van der Waals surface area contributed by atoms with Gasteiger partial charge >= 0.3 is 11.9 Å². The molecule has 0 atom stereocenters. The number of para-hydroxylation sites is 1. The van der Waals surface area contributed by atoms with Crippen LogP contribution in [0, 0.1) is 0 Å². The molecule has 4 nitrogen and oxygen atoms in total. The molecule has 17 heavy (non-hydrogen) atoms. The quantitative estimate of drug-likeness (QED) is 0.338. The van der Waals surface area contributed by atoms with Gasteiger partial charge in [0.05, 0.1) is 0 Å². The lowest BCUT2D eigenvalue weighted by atomic mass is 10.2. The molecule has 0 radical (unpaired) electrons. The maximum Gasteiger partial charge on any atom is 0.342 e. The molecule has 0 saturated heterocycles. The van der Waals surface area contributed by atoms with E-state index >= 15 is 0 Å². The first-order valence-electron chi connectivity index (χ1n) is 4.90. The summed E-state index contributed by atoms with van der Waals surface area (Å²) in [7, 11) is 0. The summed E-state index contributed by atoms with van der Waals surface area (Å²) in [6.07, 6.45) is 2.47. The fourth-order valence-electron chi connectivity index (χ4n) is 1.09. The molecule has 0 N–H and O–H groups in total. The third kappa shape index (κ3) is 3.61. The summed E-state index contributed by atoms with van der Waals surface area (Å²) >= 11 is 0. The van der Waals surface area contributed by atoms with Crippen molar-refractivity contribution in [2.75, 3.05) is 6.61 Å². The third-order valence-electron chi connectivity index (χ3n) is 1.82. The van der Waals surface area contributed by atoms with E-state index in [4.69, 9.17) is 9.47 Å². The lowest BCUT2D eigenvalue weighted by Gasteiger charge is -2.07. The molecular formula is C13H12O4. The standard InChI is InChI=1S/C13H12O4/c1-3-9-16-13(15)10-7-5-6-8-11(10)17-12(14)4-2/h3-8H,1-2,9H2. The van der Waals surface area contributed by atoms with Crippen LogP contribution in [-0.4, -0.2) is 18.5 Å².